The molecule has 0 spiro atoms. The summed E-state index contributed by atoms with van der Waals surface area (Å²) in [4.78, 5) is 125. The number of phosphoric ester groups is 1. The summed E-state index contributed by atoms with van der Waals surface area (Å²) >= 11 is 0. The van der Waals surface area contributed by atoms with E-state index in [1.165, 1.54) is 17.8 Å². The van der Waals surface area contributed by atoms with E-state index in [9.17, 15) is 53.2 Å². The van der Waals surface area contributed by atoms with Gasteiger partial charge in [-0.1, -0.05) is 47.1 Å². The van der Waals surface area contributed by atoms with Gasteiger partial charge < -0.3 is 69.4 Å². The van der Waals surface area contributed by atoms with E-state index in [0.717, 1.165) is 11.1 Å². The van der Waals surface area contributed by atoms with Crippen LogP contribution in [0.15, 0.2) is 67.8 Å². The molecule has 0 aliphatic carbocycles. The predicted octanol–water partition coefficient (Wildman–Crippen LogP) is 3.90. The number of aliphatic hydroxyl groups excluding tert-OH is 2. The van der Waals surface area contributed by atoms with Crippen LogP contribution in [0.4, 0.5) is 0 Å². The number of aryl methyl sites for hydroxylation is 2. The summed E-state index contributed by atoms with van der Waals surface area (Å²) in [5, 5.41) is 30.1. The van der Waals surface area contributed by atoms with Crippen LogP contribution in [0.1, 0.15) is 150 Å². The molecule has 29 heteroatoms. The molecule has 2 fully saturated rings. The number of aliphatic hydroxyl groups is 2. The van der Waals surface area contributed by atoms with E-state index in [0.29, 0.717) is 56.4 Å². The standard InChI is InChI=1S/C61H88N13O14P.Co/c1-28-20-38-39(21-29(28)2)74(27-68-38)56-51(83)52(40(26-75)86-56)88-89(84,85)87-32(5)69-48(82)18-19-58(8)36(22-45(65)79)55-61(11)60(10,25-47(67)81)35(14-17-44(64)78)50(73-61)31(4)54-59(9,24-46(66)80)33(12-15-42(62)76)37(70-54)23-41-57(6,7)34(13-16-43(63)77)49(71-41)30(3)53(58)72-55;/h20-21,23,27,32-36,40,51-52,55-56,75,83H,12-19,22,24-26H2,1-11H3,(H15,62,63,64,65,66,67,69,70,71,72,73,76,77,78,79,80,81,82,84,85);/p-1/t32-,33-,34-,35-,36+,40-,51-,52-,55?,56+,58-,59+,60+,61+;/m1./s1. The fourth-order valence-corrected chi connectivity index (χ4v) is 16.3. The van der Waals surface area contributed by atoms with Crippen LogP contribution < -0.4 is 39.7 Å². The van der Waals surface area contributed by atoms with E-state index in [2.05, 4.69) is 10.3 Å². The maximum atomic E-state index is 14.4. The fraction of sp³-hybridized carbons (Fsp3) is 0.623. The molecule has 8 rings (SSSR count). The van der Waals surface area contributed by atoms with Gasteiger partial charge in [0.1, 0.15) is 24.5 Å². The van der Waals surface area contributed by atoms with Crippen molar-refractivity contribution in [3.63, 3.8) is 0 Å². The van der Waals surface area contributed by atoms with Crippen molar-refractivity contribution in [1.29, 1.82) is 0 Å². The van der Waals surface area contributed by atoms with Crippen molar-refractivity contribution < 1.29 is 83.8 Å². The average molecular weight is 1320 g/mol. The number of carbonyl (C=O) groups is 7. The number of imidazole rings is 1. The molecule has 495 valence electrons. The summed E-state index contributed by atoms with van der Waals surface area (Å²) in [7, 11) is -5.20. The van der Waals surface area contributed by atoms with Crippen LogP contribution in [-0.4, -0.2) is 126 Å². The summed E-state index contributed by atoms with van der Waals surface area (Å²) in [6, 6.07) is 2.63. The monoisotopic (exact) mass is 1320 g/mol. The van der Waals surface area contributed by atoms with Gasteiger partial charge >= 0.3 is 7.82 Å². The van der Waals surface area contributed by atoms with Gasteiger partial charge in [-0.3, -0.25) is 57.6 Å². The van der Waals surface area contributed by atoms with Crippen LogP contribution in [-0.2, 0) is 68.7 Å². The quantitative estimate of drug-likeness (QED) is 0.0498. The SMILES string of the molecule is C/C1=C2N=C(/C=C3N=C(/C(C)=C4\[N-][C@@](C)(C5N=C1[C@](C)(CCC(=O)N[C@@H](C)OP(=O)(O)O[C@H]1[C@@H](O)[C@@H](n6cnc7cc(C)c(C)cc76)O[C@@H]1CO)[C@H]5CC(N)=O)[C@@](C)(CC(N)=O)[C@@H]4CCC(N)=O)[C@@](C)(CC(N)=O)[C@@H]\3CCC(N)=O)C(C)(C)[C@@H]/2CCC(N)=O.[Co]. The topological polar surface area (TPSA) is 462 Å². The summed E-state index contributed by atoms with van der Waals surface area (Å²) in [6.45, 7) is 19.2. The molecule has 2 saturated heterocycles. The average Bonchev–Trinajstić information content (AvgIpc) is 1.53. The fourth-order valence-electron chi connectivity index (χ4n) is 15.3. The van der Waals surface area contributed by atoms with Gasteiger partial charge in [0, 0.05) is 124 Å². The van der Waals surface area contributed by atoms with Gasteiger partial charge in [0.05, 0.1) is 24.0 Å². The summed E-state index contributed by atoms with van der Waals surface area (Å²) in [5.41, 5.74) is 36.5. The molecule has 6 aliphatic rings. The summed E-state index contributed by atoms with van der Waals surface area (Å²) < 4.78 is 32.3. The molecule has 2 unspecified atom stereocenters. The first kappa shape index (κ1) is 71.0. The van der Waals surface area contributed by atoms with E-state index in [4.69, 9.17) is 68.5 Å². The number of phosphoric acid groups is 1. The number of amides is 7. The zero-order chi connectivity index (χ0) is 66.0. The number of nitrogens with one attached hydrogen (secondary N) is 1. The van der Waals surface area contributed by atoms with Crippen LogP contribution in [0, 0.1) is 59.2 Å². The molecule has 1 aromatic heterocycles. The molecule has 8 bridgehead atoms. The van der Waals surface area contributed by atoms with Gasteiger partial charge in [0.25, 0.3) is 0 Å². The van der Waals surface area contributed by atoms with Crippen LogP contribution in [0.2, 0.25) is 0 Å². The number of primary amides is 6. The number of carbonyl (C=O) groups excluding carboxylic acids is 7. The third kappa shape index (κ3) is 13.3. The molecule has 16 N–H and O–H groups in total. The van der Waals surface area contributed by atoms with E-state index >= 15 is 0 Å². The molecule has 27 nitrogen and oxygen atoms in total. The number of rotatable bonds is 25. The number of aliphatic imine (C=N–C) groups is 3. The zero-order valence-electron chi connectivity index (χ0n) is 52.8. The minimum atomic E-state index is -5.20. The Labute approximate surface area is 533 Å². The van der Waals surface area contributed by atoms with Crippen LogP contribution in [0.5, 0.6) is 0 Å². The Hall–Kier alpha value is -6.49. The maximum absolute atomic E-state index is 14.4. The Bertz CT molecular complexity index is 3530. The second-order valence-corrected chi connectivity index (χ2v) is 28.0. The molecule has 90 heavy (non-hydrogen) atoms. The predicted molar refractivity (Wildman–Crippen MR) is 329 cm³/mol. The van der Waals surface area contributed by atoms with Gasteiger partial charge in [-0.25, -0.2) is 9.55 Å². The number of hydrogen-bond acceptors (Lipinski definition) is 17. The van der Waals surface area contributed by atoms with E-state index in [1.54, 1.807) is 20.8 Å². The van der Waals surface area contributed by atoms with Gasteiger partial charge in [0.2, 0.25) is 41.4 Å². The third-order valence-electron chi connectivity index (χ3n) is 20.2. The van der Waals surface area contributed by atoms with Gasteiger partial charge in [-0.05, 0) is 118 Å². The van der Waals surface area contributed by atoms with Crippen LogP contribution in [0.3, 0.4) is 0 Å². The molecule has 1 aromatic carbocycles. The Morgan fingerprint density at radius 2 is 1.37 bits per heavy atom. The number of fused-ring (bicyclic) bond motifs is 7. The molecule has 0 saturated carbocycles. The summed E-state index contributed by atoms with van der Waals surface area (Å²) in [6.07, 6.45) is -5.28. The van der Waals surface area contributed by atoms with E-state index in [-0.39, 0.29) is 87.4 Å². The van der Waals surface area contributed by atoms with Crippen molar-refractivity contribution in [3.05, 3.63) is 69.2 Å². The van der Waals surface area contributed by atoms with Gasteiger partial charge in [0.15, 0.2) is 6.23 Å². The van der Waals surface area contributed by atoms with E-state index < -0.39 is 143 Å². The first-order valence-electron chi connectivity index (χ1n) is 30.0. The largest absolute Gasteiger partial charge is 0.680 e. The Morgan fingerprint density at radius 1 is 0.778 bits per heavy atom. The van der Waals surface area contributed by atoms with Crippen molar-refractivity contribution >= 4 is 77.3 Å². The van der Waals surface area contributed by atoms with Crippen LogP contribution >= 0.6 is 7.82 Å². The number of ether oxygens (including phenoxy) is 1. The molecule has 2 aromatic rings. The molecule has 7 amide bonds. The smallest absolute Gasteiger partial charge is 0.474 e. The molecular formula is C61H87CoN13O14P-. The third-order valence-corrected chi connectivity index (χ3v) is 21.3. The normalized spacial score (nSPS) is 34.1. The number of nitrogens with zero attached hydrogens (tertiary/aromatic N) is 6. The molecule has 7 heterocycles. The zero-order valence-corrected chi connectivity index (χ0v) is 54.8. The Morgan fingerprint density at radius 3 is 1.94 bits per heavy atom. The van der Waals surface area contributed by atoms with Crippen LogP contribution in [0.25, 0.3) is 16.4 Å². The number of benzene rings is 1. The Balaban J connectivity index is 0.0000115. The number of aromatic nitrogens is 2. The number of hydrogen-bond donors (Lipinski definition) is 10. The van der Waals surface area contributed by atoms with Crippen molar-refractivity contribution in [1.82, 2.24) is 14.9 Å². The van der Waals surface area contributed by atoms with Crippen molar-refractivity contribution in [3.8, 4) is 0 Å². The first-order chi connectivity index (χ1) is 41.3. The van der Waals surface area contributed by atoms with Gasteiger partial charge in [-0.2, -0.15) is 5.70 Å². The first-order valence-corrected chi connectivity index (χ1v) is 31.5. The van der Waals surface area contributed by atoms with Crippen molar-refractivity contribution in [2.24, 2.45) is 94.7 Å². The minimum absolute atomic E-state index is 0. The minimum Gasteiger partial charge on any atom is -0.680 e. The molecular weight excluding hydrogens is 1230 g/mol. The molecule has 15 atom stereocenters. The van der Waals surface area contributed by atoms with Crippen molar-refractivity contribution in [2.75, 3.05) is 6.61 Å². The van der Waals surface area contributed by atoms with Crippen molar-refractivity contribution in [2.45, 2.75) is 189 Å². The maximum Gasteiger partial charge on any atom is 0.474 e. The van der Waals surface area contributed by atoms with E-state index in [1.807, 2.05) is 66.7 Å². The second kappa shape index (κ2) is 26.2. The Kier molecular flexibility index (Phi) is 20.7. The molecule has 1 radical (unpaired) electrons. The second-order valence-electron chi connectivity index (χ2n) is 26.6. The number of allylic oxidation sites excluding steroid dienone is 6. The number of nitrogens with two attached hydrogens (primary N) is 6. The van der Waals surface area contributed by atoms with Gasteiger partial charge in [-0.15, -0.1) is 0 Å². The summed E-state index contributed by atoms with van der Waals surface area (Å²) in [5.74, 6) is -7.63. The molecule has 6 aliphatic heterocycles.